The van der Waals surface area contributed by atoms with E-state index in [1.807, 2.05) is 19.1 Å². The summed E-state index contributed by atoms with van der Waals surface area (Å²) < 4.78 is 0. The lowest BCUT2D eigenvalue weighted by atomic mass is 10.2. The standard InChI is InChI=1S/C13H19N3O3/c1-2-4-11(12(17)18)16-13(19)15-8-6-10-5-3-7-14-9-10/h3,5,7,9,11H,2,4,6,8H2,1H3,(H,17,18)(H2,15,16,19)/t11-/m0/s1. The van der Waals surface area contributed by atoms with E-state index in [1.165, 1.54) is 0 Å². The Balaban J connectivity index is 2.29. The molecule has 1 aromatic heterocycles. The number of pyridine rings is 1. The first-order valence-electron chi connectivity index (χ1n) is 6.29. The minimum atomic E-state index is -1.01. The molecule has 0 radical (unpaired) electrons. The largest absolute Gasteiger partial charge is 0.480 e. The minimum absolute atomic E-state index is 0.422. The molecular weight excluding hydrogens is 246 g/mol. The van der Waals surface area contributed by atoms with Gasteiger partial charge in [-0.1, -0.05) is 19.4 Å². The summed E-state index contributed by atoms with van der Waals surface area (Å²) in [5, 5.41) is 14.0. The van der Waals surface area contributed by atoms with Gasteiger partial charge in [0.05, 0.1) is 0 Å². The second-order valence-electron chi connectivity index (χ2n) is 4.19. The van der Waals surface area contributed by atoms with Crippen LogP contribution in [0.25, 0.3) is 0 Å². The first-order valence-corrected chi connectivity index (χ1v) is 6.29. The second kappa shape index (κ2) is 8.07. The molecule has 0 saturated heterocycles. The number of urea groups is 1. The van der Waals surface area contributed by atoms with E-state index in [1.54, 1.807) is 12.4 Å². The van der Waals surface area contributed by atoms with E-state index in [4.69, 9.17) is 5.11 Å². The third-order valence-corrected chi connectivity index (χ3v) is 2.60. The van der Waals surface area contributed by atoms with Crippen molar-refractivity contribution in [3.8, 4) is 0 Å². The fourth-order valence-electron chi connectivity index (χ4n) is 1.62. The summed E-state index contributed by atoms with van der Waals surface area (Å²) in [7, 11) is 0. The molecule has 1 heterocycles. The van der Waals surface area contributed by atoms with Crippen LogP contribution in [0.3, 0.4) is 0 Å². The summed E-state index contributed by atoms with van der Waals surface area (Å²) in [6, 6.07) is 2.47. The Labute approximate surface area is 112 Å². The van der Waals surface area contributed by atoms with E-state index in [2.05, 4.69) is 15.6 Å². The fourth-order valence-corrected chi connectivity index (χ4v) is 1.62. The molecule has 0 aromatic carbocycles. The summed E-state index contributed by atoms with van der Waals surface area (Å²) in [4.78, 5) is 26.4. The minimum Gasteiger partial charge on any atom is -0.480 e. The van der Waals surface area contributed by atoms with Crippen molar-refractivity contribution in [2.24, 2.45) is 0 Å². The highest BCUT2D eigenvalue weighted by Crippen LogP contribution is 1.97. The van der Waals surface area contributed by atoms with Crippen LogP contribution in [-0.2, 0) is 11.2 Å². The number of hydrogen-bond donors (Lipinski definition) is 3. The zero-order valence-corrected chi connectivity index (χ0v) is 10.9. The average molecular weight is 265 g/mol. The highest BCUT2D eigenvalue weighted by molar-refractivity contribution is 5.82. The maximum Gasteiger partial charge on any atom is 0.326 e. The van der Waals surface area contributed by atoms with Crippen LogP contribution in [0.2, 0.25) is 0 Å². The lowest BCUT2D eigenvalue weighted by molar-refractivity contribution is -0.139. The van der Waals surface area contributed by atoms with Crippen LogP contribution >= 0.6 is 0 Å². The summed E-state index contributed by atoms with van der Waals surface area (Å²) >= 11 is 0. The number of aromatic nitrogens is 1. The average Bonchev–Trinajstić information content (AvgIpc) is 2.39. The summed E-state index contributed by atoms with van der Waals surface area (Å²) in [5.41, 5.74) is 1.02. The van der Waals surface area contributed by atoms with Crippen molar-refractivity contribution in [3.05, 3.63) is 30.1 Å². The lowest BCUT2D eigenvalue weighted by Crippen LogP contribution is -2.46. The van der Waals surface area contributed by atoms with Crippen LogP contribution in [0.5, 0.6) is 0 Å². The van der Waals surface area contributed by atoms with Gasteiger partial charge in [0.1, 0.15) is 6.04 Å². The lowest BCUT2D eigenvalue weighted by Gasteiger charge is -2.14. The summed E-state index contributed by atoms with van der Waals surface area (Å²) in [6.07, 6.45) is 5.20. The molecule has 0 bridgehead atoms. The molecule has 6 heteroatoms. The maximum atomic E-state index is 11.5. The van der Waals surface area contributed by atoms with Crippen LogP contribution < -0.4 is 10.6 Å². The molecule has 0 aliphatic heterocycles. The predicted molar refractivity (Wildman–Crippen MR) is 70.8 cm³/mol. The van der Waals surface area contributed by atoms with E-state index < -0.39 is 18.0 Å². The number of carboxylic acid groups (broad SMARTS) is 1. The van der Waals surface area contributed by atoms with Gasteiger partial charge < -0.3 is 15.7 Å². The first kappa shape index (κ1) is 14.9. The molecule has 0 saturated carbocycles. The number of carbonyl (C=O) groups excluding carboxylic acids is 1. The van der Waals surface area contributed by atoms with Crippen molar-refractivity contribution >= 4 is 12.0 Å². The molecule has 0 unspecified atom stereocenters. The number of rotatable bonds is 7. The van der Waals surface area contributed by atoms with Crippen LogP contribution in [0.15, 0.2) is 24.5 Å². The van der Waals surface area contributed by atoms with Crippen molar-refractivity contribution in [2.45, 2.75) is 32.2 Å². The number of hydrogen-bond acceptors (Lipinski definition) is 3. The van der Waals surface area contributed by atoms with Crippen LogP contribution in [0.4, 0.5) is 4.79 Å². The Hall–Kier alpha value is -2.11. The molecule has 1 atom stereocenters. The maximum absolute atomic E-state index is 11.5. The van der Waals surface area contributed by atoms with E-state index in [-0.39, 0.29) is 0 Å². The summed E-state index contributed by atoms with van der Waals surface area (Å²) in [5.74, 6) is -1.01. The molecule has 0 spiro atoms. The highest BCUT2D eigenvalue weighted by Gasteiger charge is 2.18. The molecule has 0 fully saturated rings. The van der Waals surface area contributed by atoms with Crippen molar-refractivity contribution in [3.63, 3.8) is 0 Å². The number of nitrogens with zero attached hydrogens (tertiary/aromatic N) is 1. The van der Waals surface area contributed by atoms with Crippen LogP contribution in [0.1, 0.15) is 25.3 Å². The number of nitrogens with one attached hydrogen (secondary N) is 2. The normalized spacial score (nSPS) is 11.6. The van der Waals surface area contributed by atoms with Crippen LogP contribution in [-0.4, -0.2) is 34.7 Å². The SMILES string of the molecule is CCC[C@H](NC(=O)NCCc1cccnc1)C(=O)O. The molecule has 3 N–H and O–H groups in total. The van der Waals surface area contributed by atoms with Gasteiger partial charge in [-0.05, 0) is 24.5 Å². The van der Waals surface area contributed by atoms with E-state index >= 15 is 0 Å². The molecule has 6 nitrogen and oxygen atoms in total. The van der Waals surface area contributed by atoms with Crippen molar-refractivity contribution in [2.75, 3.05) is 6.54 Å². The Morgan fingerprint density at radius 1 is 1.47 bits per heavy atom. The number of carbonyl (C=O) groups is 2. The number of aliphatic carboxylic acids is 1. The molecule has 1 aromatic rings. The third-order valence-electron chi connectivity index (χ3n) is 2.60. The Kier molecular flexibility index (Phi) is 6.35. The Morgan fingerprint density at radius 3 is 2.84 bits per heavy atom. The first-order chi connectivity index (χ1) is 9.13. The van der Waals surface area contributed by atoms with Gasteiger partial charge in [0.2, 0.25) is 0 Å². The van der Waals surface area contributed by atoms with Gasteiger partial charge in [0.15, 0.2) is 0 Å². The van der Waals surface area contributed by atoms with Gasteiger partial charge >= 0.3 is 12.0 Å². The van der Waals surface area contributed by atoms with Gasteiger partial charge in [-0.2, -0.15) is 0 Å². The summed E-state index contributed by atoms with van der Waals surface area (Å²) in [6.45, 7) is 2.31. The van der Waals surface area contributed by atoms with Gasteiger partial charge in [-0.25, -0.2) is 9.59 Å². The van der Waals surface area contributed by atoms with Crippen molar-refractivity contribution < 1.29 is 14.7 Å². The van der Waals surface area contributed by atoms with Gasteiger partial charge in [-0.15, -0.1) is 0 Å². The number of carboxylic acids is 1. The predicted octanol–water partition coefficient (Wildman–Crippen LogP) is 1.18. The number of amides is 2. The van der Waals surface area contributed by atoms with Gasteiger partial charge in [-0.3, -0.25) is 4.98 Å². The molecule has 19 heavy (non-hydrogen) atoms. The van der Waals surface area contributed by atoms with Crippen molar-refractivity contribution in [1.29, 1.82) is 0 Å². The van der Waals surface area contributed by atoms with E-state index in [0.717, 1.165) is 5.56 Å². The molecule has 0 aliphatic rings. The zero-order valence-electron chi connectivity index (χ0n) is 10.9. The second-order valence-corrected chi connectivity index (χ2v) is 4.19. The van der Waals surface area contributed by atoms with Crippen molar-refractivity contribution in [1.82, 2.24) is 15.6 Å². The Bertz CT molecular complexity index is 409. The smallest absolute Gasteiger partial charge is 0.326 e. The van der Waals surface area contributed by atoms with E-state index in [9.17, 15) is 9.59 Å². The molecule has 1 rings (SSSR count). The molecular formula is C13H19N3O3. The monoisotopic (exact) mass is 265 g/mol. The molecule has 0 aliphatic carbocycles. The quantitative estimate of drug-likeness (QED) is 0.690. The van der Waals surface area contributed by atoms with Gasteiger partial charge in [0.25, 0.3) is 0 Å². The topological polar surface area (TPSA) is 91.3 Å². The highest BCUT2D eigenvalue weighted by atomic mass is 16.4. The third kappa shape index (κ3) is 5.85. The van der Waals surface area contributed by atoms with Gasteiger partial charge in [0, 0.05) is 18.9 Å². The zero-order chi connectivity index (χ0) is 14.1. The molecule has 2 amide bonds. The Morgan fingerprint density at radius 2 is 2.26 bits per heavy atom. The fraction of sp³-hybridized carbons (Fsp3) is 0.462. The van der Waals surface area contributed by atoms with Crippen LogP contribution in [0, 0.1) is 0 Å². The van der Waals surface area contributed by atoms with E-state index in [0.29, 0.717) is 25.8 Å². The molecule has 104 valence electrons.